The molecule has 22 heavy (non-hydrogen) atoms. The van der Waals surface area contributed by atoms with Crippen LogP contribution in [-0.2, 0) is 17.8 Å². The monoisotopic (exact) mass is 295 g/mol. The van der Waals surface area contributed by atoms with Gasteiger partial charge < -0.3 is 9.88 Å². The molecule has 1 aromatic carbocycles. The van der Waals surface area contributed by atoms with Crippen molar-refractivity contribution in [2.45, 2.75) is 44.6 Å². The lowest BCUT2D eigenvalue weighted by molar-refractivity contribution is -0.122. The minimum atomic E-state index is 0.150. The second-order valence-electron chi connectivity index (χ2n) is 7.15. The summed E-state index contributed by atoms with van der Waals surface area (Å²) < 4.78 is 2.38. The number of hydrogen-bond acceptors (Lipinski definition) is 2. The van der Waals surface area contributed by atoms with Crippen LogP contribution in [0.1, 0.15) is 43.0 Å². The van der Waals surface area contributed by atoms with Gasteiger partial charge in [-0.3, -0.25) is 4.79 Å². The molecule has 2 fully saturated rings. The van der Waals surface area contributed by atoms with Crippen LogP contribution in [0.4, 0.5) is 0 Å². The topological polar surface area (TPSA) is 46.9 Å². The fourth-order valence-corrected chi connectivity index (χ4v) is 3.88. The maximum absolute atomic E-state index is 12.3. The molecule has 1 aliphatic heterocycles. The zero-order chi connectivity index (χ0) is 14.7. The Labute approximate surface area is 129 Å². The van der Waals surface area contributed by atoms with Gasteiger partial charge in [0, 0.05) is 24.9 Å². The third kappa shape index (κ3) is 1.97. The van der Waals surface area contributed by atoms with Gasteiger partial charge in [-0.15, -0.1) is 0 Å². The standard InChI is InChI=1S/C18H21N3O/c22-18(19-10-11-6-7-11)14-9-13(14)17-20-15-5-1-3-12-4-2-8-21(17)16(12)15/h1,3,5,11,13-14H,2,4,6-10H2,(H,19,22). The summed E-state index contributed by atoms with van der Waals surface area (Å²) in [4.78, 5) is 17.1. The first-order valence-electron chi connectivity index (χ1n) is 8.57. The van der Waals surface area contributed by atoms with Crippen LogP contribution in [0.2, 0.25) is 0 Å². The summed E-state index contributed by atoms with van der Waals surface area (Å²) in [5.74, 6) is 2.62. The molecular formula is C18H21N3O. The van der Waals surface area contributed by atoms with Crippen LogP contribution in [0.25, 0.3) is 11.0 Å². The van der Waals surface area contributed by atoms with E-state index in [1.165, 1.54) is 30.3 Å². The van der Waals surface area contributed by atoms with E-state index in [-0.39, 0.29) is 11.8 Å². The molecule has 3 aliphatic rings. The van der Waals surface area contributed by atoms with Gasteiger partial charge in [0.1, 0.15) is 5.82 Å². The number of amides is 1. The SMILES string of the molecule is O=C(NCC1CC1)C1CC1c1nc2cccc3c2n1CCC3. The highest BCUT2D eigenvalue weighted by Crippen LogP contribution is 2.48. The molecule has 2 atom stereocenters. The number of aromatic nitrogens is 2. The van der Waals surface area contributed by atoms with Gasteiger partial charge >= 0.3 is 0 Å². The molecule has 4 heteroatoms. The average Bonchev–Trinajstić information content (AvgIpc) is 3.45. The Morgan fingerprint density at radius 1 is 1.36 bits per heavy atom. The minimum Gasteiger partial charge on any atom is -0.356 e. The second-order valence-corrected chi connectivity index (χ2v) is 7.15. The molecule has 0 bridgehead atoms. The Hall–Kier alpha value is -1.84. The summed E-state index contributed by atoms with van der Waals surface area (Å²) >= 11 is 0. The summed E-state index contributed by atoms with van der Waals surface area (Å²) in [6.45, 7) is 1.93. The first-order valence-corrected chi connectivity index (χ1v) is 8.57. The number of carbonyl (C=O) groups excluding carboxylic acids is 1. The van der Waals surface area contributed by atoms with E-state index < -0.39 is 0 Å². The van der Waals surface area contributed by atoms with Crippen molar-refractivity contribution in [3.8, 4) is 0 Å². The van der Waals surface area contributed by atoms with E-state index in [0.29, 0.717) is 5.92 Å². The van der Waals surface area contributed by atoms with E-state index in [4.69, 9.17) is 4.98 Å². The fourth-order valence-electron chi connectivity index (χ4n) is 3.88. The van der Waals surface area contributed by atoms with Crippen LogP contribution < -0.4 is 5.32 Å². The number of para-hydroxylation sites is 1. The number of rotatable bonds is 4. The van der Waals surface area contributed by atoms with Gasteiger partial charge in [-0.25, -0.2) is 4.98 Å². The van der Waals surface area contributed by atoms with Gasteiger partial charge in [-0.2, -0.15) is 0 Å². The molecule has 2 saturated carbocycles. The number of benzene rings is 1. The summed E-state index contributed by atoms with van der Waals surface area (Å²) in [5, 5.41) is 3.13. The molecule has 0 saturated heterocycles. The fraction of sp³-hybridized carbons (Fsp3) is 0.556. The van der Waals surface area contributed by atoms with Crippen LogP contribution in [0.3, 0.4) is 0 Å². The predicted molar refractivity (Wildman–Crippen MR) is 84.6 cm³/mol. The summed E-state index contributed by atoms with van der Waals surface area (Å²) in [6, 6.07) is 6.43. The average molecular weight is 295 g/mol. The van der Waals surface area contributed by atoms with Gasteiger partial charge in [-0.05, 0) is 49.7 Å². The molecule has 2 unspecified atom stereocenters. The largest absolute Gasteiger partial charge is 0.356 e. The van der Waals surface area contributed by atoms with Crippen LogP contribution in [0.5, 0.6) is 0 Å². The first kappa shape index (κ1) is 12.7. The first-order chi connectivity index (χ1) is 10.8. The van der Waals surface area contributed by atoms with Crippen molar-refractivity contribution in [1.29, 1.82) is 0 Å². The van der Waals surface area contributed by atoms with Crippen molar-refractivity contribution < 1.29 is 4.79 Å². The van der Waals surface area contributed by atoms with Crippen molar-refractivity contribution in [2.24, 2.45) is 11.8 Å². The Morgan fingerprint density at radius 2 is 2.27 bits per heavy atom. The van der Waals surface area contributed by atoms with Crippen molar-refractivity contribution in [3.05, 3.63) is 29.6 Å². The maximum atomic E-state index is 12.3. The number of nitrogens with zero attached hydrogens (tertiary/aromatic N) is 2. The van der Waals surface area contributed by atoms with Crippen molar-refractivity contribution in [1.82, 2.24) is 14.9 Å². The van der Waals surface area contributed by atoms with E-state index >= 15 is 0 Å². The zero-order valence-electron chi connectivity index (χ0n) is 12.7. The number of hydrogen-bond donors (Lipinski definition) is 1. The highest BCUT2D eigenvalue weighted by atomic mass is 16.2. The van der Waals surface area contributed by atoms with Crippen molar-refractivity contribution in [3.63, 3.8) is 0 Å². The lowest BCUT2D eigenvalue weighted by atomic mass is 10.0. The summed E-state index contributed by atoms with van der Waals surface area (Å²) in [7, 11) is 0. The normalized spacial score (nSPS) is 26.2. The Bertz CT molecular complexity index is 759. The highest BCUT2D eigenvalue weighted by Gasteiger charge is 2.47. The highest BCUT2D eigenvalue weighted by molar-refractivity contribution is 5.84. The van der Waals surface area contributed by atoms with Gasteiger partial charge in [0.05, 0.1) is 11.0 Å². The van der Waals surface area contributed by atoms with Crippen molar-refractivity contribution >= 4 is 16.9 Å². The van der Waals surface area contributed by atoms with E-state index in [1.54, 1.807) is 0 Å². The van der Waals surface area contributed by atoms with Crippen LogP contribution in [0, 0.1) is 11.8 Å². The Balaban J connectivity index is 1.41. The quantitative estimate of drug-likeness (QED) is 0.942. The van der Waals surface area contributed by atoms with E-state index in [9.17, 15) is 4.79 Å². The molecule has 2 heterocycles. The lowest BCUT2D eigenvalue weighted by Crippen LogP contribution is -2.27. The third-order valence-corrected chi connectivity index (χ3v) is 5.43. The van der Waals surface area contributed by atoms with Crippen molar-refractivity contribution in [2.75, 3.05) is 6.54 Å². The van der Waals surface area contributed by atoms with E-state index in [1.807, 2.05) is 0 Å². The molecule has 1 amide bonds. The van der Waals surface area contributed by atoms with Gasteiger partial charge in [-0.1, -0.05) is 12.1 Å². The molecule has 0 radical (unpaired) electrons. The molecule has 5 rings (SSSR count). The summed E-state index contributed by atoms with van der Waals surface area (Å²) in [6.07, 6.45) is 5.87. The minimum absolute atomic E-state index is 0.150. The smallest absolute Gasteiger partial charge is 0.223 e. The number of aryl methyl sites for hydroxylation is 2. The zero-order valence-corrected chi connectivity index (χ0v) is 12.7. The molecule has 2 aliphatic carbocycles. The Morgan fingerprint density at radius 3 is 3.14 bits per heavy atom. The molecule has 1 N–H and O–H groups in total. The van der Waals surface area contributed by atoms with E-state index in [2.05, 4.69) is 28.1 Å². The maximum Gasteiger partial charge on any atom is 0.223 e. The molecule has 2 aromatic rings. The van der Waals surface area contributed by atoms with Gasteiger partial charge in [0.2, 0.25) is 5.91 Å². The van der Waals surface area contributed by atoms with Crippen LogP contribution in [-0.4, -0.2) is 22.0 Å². The number of carbonyl (C=O) groups is 1. The van der Waals surface area contributed by atoms with Gasteiger partial charge in [0.25, 0.3) is 0 Å². The summed E-state index contributed by atoms with van der Waals surface area (Å²) in [5.41, 5.74) is 3.84. The molecule has 0 spiro atoms. The molecule has 4 nitrogen and oxygen atoms in total. The van der Waals surface area contributed by atoms with Crippen LogP contribution in [0.15, 0.2) is 18.2 Å². The van der Waals surface area contributed by atoms with Gasteiger partial charge in [0.15, 0.2) is 0 Å². The van der Waals surface area contributed by atoms with Crippen LogP contribution >= 0.6 is 0 Å². The number of imidazole rings is 1. The van der Waals surface area contributed by atoms with E-state index in [0.717, 1.165) is 43.2 Å². The molecule has 1 aromatic heterocycles. The number of nitrogens with one attached hydrogen (secondary N) is 1. The predicted octanol–water partition coefficient (Wildman–Crippen LogP) is 2.61. The molecular weight excluding hydrogens is 274 g/mol. The third-order valence-electron chi connectivity index (χ3n) is 5.43. The second kappa shape index (κ2) is 4.58. The Kier molecular flexibility index (Phi) is 2.64. The lowest BCUT2D eigenvalue weighted by Gasteiger charge is -2.16. The molecule has 114 valence electrons.